The SMILES string of the molecule is CC(C)C(NC(=O)OCC1c2ccccc2-c2ccccc21)C(=O)NC(CC(=O)O)C1CC1. The van der Waals surface area contributed by atoms with Gasteiger partial charge in [0.25, 0.3) is 0 Å². The highest BCUT2D eigenvalue weighted by atomic mass is 16.5. The van der Waals surface area contributed by atoms with Gasteiger partial charge in [0.1, 0.15) is 12.6 Å². The molecule has 2 aromatic carbocycles. The van der Waals surface area contributed by atoms with Crippen molar-refractivity contribution in [2.45, 2.75) is 51.1 Å². The minimum absolute atomic E-state index is 0.0655. The first-order valence-corrected chi connectivity index (χ1v) is 11.5. The lowest BCUT2D eigenvalue weighted by Crippen LogP contribution is -2.53. The summed E-state index contributed by atoms with van der Waals surface area (Å²) in [5.74, 6) is -1.39. The Morgan fingerprint density at radius 1 is 0.970 bits per heavy atom. The quantitative estimate of drug-likeness (QED) is 0.537. The molecule has 33 heavy (non-hydrogen) atoms. The molecule has 0 heterocycles. The summed E-state index contributed by atoms with van der Waals surface area (Å²) >= 11 is 0. The Labute approximate surface area is 193 Å². The molecule has 2 aromatic rings. The zero-order valence-electron chi connectivity index (χ0n) is 18.9. The first-order chi connectivity index (χ1) is 15.8. The van der Waals surface area contributed by atoms with Crippen LogP contribution in [0.15, 0.2) is 48.5 Å². The molecule has 3 N–H and O–H groups in total. The Hall–Kier alpha value is -3.35. The van der Waals surface area contributed by atoms with Crippen molar-refractivity contribution in [2.24, 2.45) is 11.8 Å². The van der Waals surface area contributed by atoms with E-state index < -0.39 is 24.1 Å². The standard InChI is InChI=1S/C26H30N2O5/c1-15(2)24(25(31)27-22(13-23(29)30)16-11-12-16)28-26(32)33-14-21-19-9-5-3-7-17(19)18-8-4-6-10-20(18)21/h3-10,15-16,21-22,24H,11-14H2,1-2H3,(H,27,31)(H,28,32)(H,29,30). The molecule has 2 aliphatic carbocycles. The molecule has 0 radical (unpaired) electrons. The third-order valence-electron chi connectivity index (χ3n) is 6.48. The highest BCUT2D eigenvalue weighted by Crippen LogP contribution is 2.44. The number of ether oxygens (including phenoxy) is 1. The van der Waals surface area contributed by atoms with Crippen LogP contribution in [0.5, 0.6) is 0 Å². The van der Waals surface area contributed by atoms with E-state index in [1.165, 1.54) is 0 Å². The molecule has 2 atom stereocenters. The van der Waals surface area contributed by atoms with Crippen LogP contribution in [-0.2, 0) is 14.3 Å². The smallest absolute Gasteiger partial charge is 0.407 e. The monoisotopic (exact) mass is 450 g/mol. The molecule has 1 fully saturated rings. The average molecular weight is 451 g/mol. The lowest BCUT2D eigenvalue weighted by Gasteiger charge is -2.25. The van der Waals surface area contributed by atoms with Gasteiger partial charge in [-0.3, -0.25) is 9.59 Å². The molecule has 4 rings (SSSR count). The second-order valence-electron chi connectivity index (χ2n) is 9.24. The number of carboxylic acids is 1. The van der Waals surface area contributed by atoms with E-state index in [2.05, 4.69) is 22.8 Å². The minimum Gasteiger partial charge on any atom is -0.481 e. The molecular formula is C26H30N2O5. The van der Waals surface area contributed by atoms with Crippen molar-refractivity contribution in [1.29, 1.82) is 0 Å². The molecule has 2 amide bonds. The van der Waals surface area contributed by atoms with Crippen LogP contribution in [0.2, 0.25) is 0 Å². The molecule has 0 spiro atoms. The van der Waals surface area contributed by atoms with Crippen molar-refractivity contribution in [1.82, 2.24) is 10.6 Å². The zero-order chi connectivity index (χ0) is 23.5. The van der Waals surface area contributed by atoms with Gasteiger partial charge >= 0.3 is 12.1 Å². The maximum absolute atomic E-state index is 12.9. The predicted molar refractivity (Wildman–Crippen MR) is 124 cm³/mol. The number of alkyl carbamates (subject to hydrolysis) is 1. The summed E-state index contributed by atoms with van der Waals surface area (Å²) in [6.07, 6.45) is 1.04. The van der Waals surface area contributed by atoms with Crippen LogP contribution < -0.4 is 10.6 Å². The molecule has 2 aliphatic rings. The van der Waals surface area contributed by atoms with Gasteiger partial charge in [-0.2, -0.15) is 0 Å². The molecule has 7 nitrogen and oxygen atoms in total. The molecule has 2 unspecified atom stereocenters. The number of amides is 2. The van der Waals surface area contributed by atoms with E-state index in [4.69, 9.17) is 9.84 Å². The van der Waals surface area contributed by atoms with Crippen LogP contribution in [-0.4, -0.2) is 41.8 Å². The Morgan fingerprint density at radius 2 is 1.55 bits per heavy atom. The van der Waals surface area contributed by atoms with Crippen LogP contribution in [0.4, 0.5) is 4.79 Å². The third-order valence-corrected chi connectivity index (χ3v) is 6.48. The van der Waals surface area contributed by atoms with Gasteiger partial charge in [-0.25, -0.2) is 4.79 Å². The summed E-state index contributed by atoms with van der Waals surface area (Å²) < 4.78 is 5.58. The molecule has 1 saturated carbocycles. The van der Waals surface area contributed by atoms with E-state index in [0.717, 1.165) is 35.1 Å². The third kappa shape index (κ3) is 5.18. The summed E-state index contributed by atoms with van der Waals surface area (Å²) in [5, 5.41) is 14.7. The highest BCUT2D eigenvalue weighted by Gasteiger charge is 2.36. The van der Waals surface area contributed by atoms with E-state index in [0.29, 0.717) is 0 Å². The molecule has 0 saturated heterocycles. The van der Waals surface area contributed by atoms with Gasteiger partial charge in [0.15, 0.2) is 0 Å². The van der Waals surface area contributed by atoms with Gasteiger partial charge < -0.3 is 20.5 Å². The number of fused-ring (bicyclic) bond motifs is 3. The molecule has 174 valence electrons. The van der Waals surface area contributed by atoms with Crippen molar-refractivity contribution in [3.05, 3.63) is 59.7 Å². The zero-order valence-corrected chi connectivity index (χ0v) is 18.9. The predicted octanol–water partition coefficient (Wildman–Crippen LogP) is 3.92. The molecule has 0 bridgehead atoms. The molecule has 0 aromatic heterocycles. The van der Waals surface area contributed by atoms with Crippen molar-refractivity contribution < 1.29 is 24.2 Å². The van der Waals surface area contributed by atoms with Gasteiger partial charge in [-0.15, -0.1) is 0 Å². The van der Waals surface area contributed by atoms with Crippen molar-refractivity contribution >= 4 is 18.0 Å². The highest BCUT2D eigenvalue weighted by molar-refractivity contribution is 5.86. The number of aliphatic carboxylic acids is 1. The van der Waals surface area contributed by atoms with E-state index in [-0.39, 0.29) is 36.7 Å². The van der Waals surface area contributed by atoms with Crippen molar-refractivity contribution in [3.63, 3.8) is 0 Å². The Kier molecular flexibility index (Phi) is 6.67. The lowest BCUT2D eigenvalue weighted by atomic mass is 9.98. The number of benzene rings is 2. The number of carboxylic acid groups (broad SMARTS) is 1. The summed E-state index contributed by atoms with van der Waals surface area (Å²) in [6, 6.07) is 15.0. The Morgan fingerprint density at radius 3 is 2.06 bits per heavy atom. The number of hydrogen-bond donors (Lipinski definition) is 3. The van der Waals surface area contributed by atoms with Gasteiger partial charge in [0, 0.05) is 12.0 Å². The summed E-state index contributed by atoms with van der Waals surface area (Å²) in [6.45, 7) is 3.82. The van der Waals surface area contributed by atoms with Crippen molar-refractivity contribution in [3.8, 4) is 11.1 Å². The Bertz CT molecular complexity index is 1000. The summed E-state index contributed by atoms with van der Waals surface area (Å²) in [7, 11) is 0. The van der Waals surface area contributed by atoms with Gasteiger partial charge in [-0.05, 0) is 46.9 Å². The number of carbonyl (C=O) groups is 3. The number of nitrogens with one attached hydrogen (secondary N) is 2. The van der Waals surface area contributed by atoms with Gasteiger partial charge in [-0.1, -0.05) is 62.4 Å². The van der Waals surface area contributed by atoms with Crippen LogP contribution in [0.1, 0.15) is 50.2 Å². The maximum Gasteiger partial charge on any atom is 0.407 e. The van der Waals surface area contributed by atoms with Crippen LogP contribution in [0.25, 0.3) is 11.1 Å². The fourth-order valence-corrected chi connectivity index (χ4v) is 4.60. The second-order valence-corrected chi connectivity index (χ2v) is 9.24. The van der Waals surface area contributed by atoms with E-state index in [9.17, 15) is 14.4 Å². The van der Waals surface area contributed by atoms with Crippen LogP contribution >= 0.6 is 0 Å². The fourth-order valence-electron chi connectivity index (χ4n) is 4.60. The first-order valence-electron chi connectivity index (χ1n) is 11.5. The van der Waals surface area contributed by atoms with E-state index in [1.807, 2.05) is 50.2 Å². The largest absolute Gasteiger partial charge is 0.481 e. The van der Waals surface area contributed by atoms with Gasteiger partial charge in [0.05, 0.1) is 6.42 Å². The van der Waals surface area contributed by atoms with Gasteiger partial charge in [0.2, 0.25) is 5.91 Å². The maximum atomic E-state index is 12.9. The molecular weight excluding hydrogens is 420 g/mol. The van der Waals surface area contributed by atoms with E-state index in [1.54, 1.807) is 0 Å². The lowest BCUT2D eigenvalue weighted by molar-refractivity contribution is -0.138. The fraction of sp³-hybridized carbons (Fsp3) is 0.423. The average Bonchev–Trinajstić information content (AvgIpc) is 3.58. The number of hydrogen-bond acceptors (Lipinski definition) is 4. The Balaban J connectivity index is 1.39. The normalized spacial score (nSPS) is 16.5. The molecule has 7 heteroatoms. The summed E-state index contributed by atoms with van der Waals surface area (Å²) in [4.78, 5) is 36.7. The van der Waals surface area contributed by atoms with Crippen LogP contribution in [0, 0.1) is 11.8 Å². The molecule has 0 aliphatic heterocycles. The number of rotatable bonds is 9. The first kappa shape index (κ1) is 22.8. The van der Waals surface area contributed by atoms with E-state index >= 15 is 0 Å². The topological polar surface area (TPSA) is 105 Å². The van der Waals surface area contributed by atoms with Crippen LogP contribution in [0.3, 0.4) is 0 Å². The minimum atomic E-state index is -0.946. The van der Waals surface area contributed by atoms with Crippen molar-refractivity contribution in [2.75, 3.05) is 6.61 Å². The number of carbonyl (C=O) groups excluding carboxylic acids is 2. The second kappa shape index (κ2) is 9.65. The summed E-state index contributed by atoms with van der Waals surface area (Å²) in [5.41, 5.74) is 4.52.